The van der Waals surface area contributed by atoms with Crippen LogP contribution in [-0.4, -0.2) is 0 Å². The minimum absolute atomic E-state index is 0. The fourth-order valence-electron chi connectivity index (χ4n) is 0.680. The van der Waals surface area contributed by atoms with Gasteiger partial charge in [0, 0.05) is 0 Å². The second-order valence-corrected chi connectivity index (χ2v) is 2.01. The molecule has 13 heavy (non-hydrogen) atoms. The normalized spacial score (nSPS) is 14.0. The molecule has 0 nitrogen and oxygen atoms in total. The molecule has 2 heteroatoms. The topological polar surface area (TPSA) is 0 Å². The Bertz CT molecular complexity index is 148. The van der Waals surface area contributed by atoms with Crippen molar-refractivity contribution in [1.29, 1.82) is 0 Å². The van der Waals surface area contributed by atoms with E-state index in [2.05, 4.69) is 42.3 Å². The third-order valence-corrected chi connectivity index (χ3v) is 1.17. The summed E-state index contributed by atoms with van der Waals surface area (Å²) >= 11 is 4.39. The zero-order valence-corrected chi connectivity index (χ0v) is 9.78. The number of hydrogen-bond acceptors (Lipinski definition) is 0. The Morgan fingerprint density at radius 3 is 1.38 bits per heavy atom. The van der Waals surface area contributed by atoms with Crippen LogP contribution in [0.15, 0.2) is 36.5 Å². The molecule has 0 saturated carbocycles. The molecule has 0 atom stereocenters. The summed E-state index contributed by atoms with van der Waals surface area (Å²) < 4.78 is 0. The largest absolute Gasteiger partial charge is 3.00 e. The van der Waals surface area contributed by atoms with E-state index in [4.69, 9.17) is 0 Å². The van der Waals surface area contributed by atoms with E-state index in [-0.39, 0.29) is 21.7 Å². The van der Waals surface area contributed by atoms with Gasteiger partial charge in [-0.15, -0.1) is 12.8 Å². The van der Waals surface area contributed by atoms with Crippen LogP contribution in [0.25, 0.3) is 0 Å². The van der Waals surface area contributed by atoms with Crippen molar-refractivity contribution in [3.63, 3.8) is 0 Å². The van der Waals surface area contributed by atoms with Crippen LogP contribution in [0, 0.1) is 18.5 Å². The van der Waals surface area contributed by atoms with Gasteiger partial charge in [-0.1, -0.05) is 0 Å². The first kappa shape index (κ1) is 15.4. The number of rotatable bonds is 0. The van der Waals surface area contributed by atoms with Crippen LogP contribution >= 0.6 is 11.6 Å². The van der Waals surface area contributed by atoms with E-state index in [0.29, 0.717) is 0 Å². The Hall–Kier alpha value is -0.0357. The van der Waals surface area contributed by atoms with Gasteiger partial charge in [0.1, 0.15) is 0 Å². The van der Waals surface area contributed by atoms with Crippen molar-refractivity contribution >= 4 is 11.6 Å². The van der Waals surface area contributed by atoms with E-state index in [0.717, 1.165) is 12.8 Å². The summed E-state index contributed by atoms with van der Waals surface area (Å²) in [6, 6.07) is 0. The molecule has 0 aromatic heterocycles. The van der Waals surface area contributed by atoms with Gasteiger partial charge in [-0.2, -0.15) is 12.2 Å². The monoisotopic (exact) mass is 227 g/mol. The Balaban J connectivity index is 0. The summed E-state index contributed by atoms with van der Waals surface area (Å²) in [5, 5.41) is 0. The van der Waals surface area contributed by atoms with Crippen LogP contribution < -0.4 is 0 Å². The molecular formula is C11H12ClTi. The van der Waals surface area contributed by atoms with Gasteiger partial charge < -0.3 is 11.6 Å². The van der Waals surface area contributed by atoms with E-state index >= 15 is 0 Å². The maximum Gasteiger partial charge on any atom is 3.00 e. The minimum atomic E-state index is 0. The predicted octanol–water partition coefficient (Wildman–Crippen LogP) is 3.63. The zero-order chi connectivity index (χ0) is 9.07. The molecule has 2 rings (SSSR count). The molecule has 2 aliphatic rings. The maximum atomic E-state index is 4.39. The minimum Gasteiger partial charge on any atom is -0.352 e. The summed E-state index contributed by atoms with van der Waals surface area (Å²) in [5.41, 5.74) is 0. The molecular weight excluding hydrogens is 215 g/mol. The molecule has 0 aromatic rings. The summed E-state index contributed by atoms with van der Waals surface area (Å²) in [6.45, 7) is 0. The fourth-order valence-corrected chi connectivity index (χ4v) is 0.680. The van der Waals surface area contributed by atoms with Crippen molar-refractivity contribution in [1.82, 2.24) is 0 Å². The van der Waals surface area contributed by atoms with Crippen molar-refractivity contribution in [3.05, 3.63) is 55.0 Å². The van der Waals surface area contributed by atoms with Gasteiger partial charge in [0.25, 0.3) is 0 Å². The molecule has 0 unspecified atom stereocenters. The zero-order valence-electron chi connectivity index (χ0n) is 7.46. The van der Waals surface area contributed by atoms with Crippen LogP contribution in [-0.2, 0) is 21.7 Å². The van der Waals surface area contributed by atoms with Gasteiger partial charge in [0.05, 0.1) is 0 Å². The van der Waals surface area contributed by atoms with Crippen molar-refractivity contribution < 1.29 is 21.7 Å². The van der Waals surface area contributed by atoms with Gasteiger partial charge in [-0.25, -0.2) is 24.3 Å². The first-order valence-electron chi connectivity index (χ1n) is 3.70. The van der Waals surface area contributed by atoms with Crippen molar-refractivity contribution in [2.24, 2.45) is 0 Å². The summed E-state index contributed by atoms with van der Waals surface area (Å²) in [4.78, 5) is 0. The Labute approximate surface area is 101 Å². The molecule has 0 N–H and O–H groups in total. The van der Waals surface area contributed by atoms with Crippen molar-refractivity contribution in [3.8, 4) is 0 Å². The standard InChI is InChI=1S/2C5H5.CH2Cl.Ti/c2*1-2-4-5-3-1;1-2;/h2*1-3H,4H2;1H2;/q3*-1;+3. The Morgan fingerprint density at radius 1 is 0.923 bits per heavy atom. The van der Waals surface area contributed by atoms with Crippen LogP contribution in [0.3, 0.4) is 0 Å². The van der Waals surface area contributed by atoms with E-state index in [1.54, 1.807) is 0 Å². The Kier molecular flexibility index (Phi) is 17.2. The molecule has 2 aliphatic carbocycles. The summed E-state index contributed by atoms with van der Waals surface area (Å²) in [6.07, 6.45) is 22.7. The molecule has 0 aromatic carbocycles. The van der Waals surface area contributed by atoms with Crippen LogP contribution in [0.4, 0.5) is 0 Å². The van der Waals surface area contributed by atoms with Crippen LogP contribution in [0.1, 0.15) is 12.8 Å². The summed E-state index contributed by atoms with van der Waals surface area (Å²) in [7, 11) is 0. The molecule has 0 spiro atoms. The van der Waals surface area contributed by atoms with Gasteiger partial charge in [0.2, 0.25) is 0 Å². The molecule has 1 radical (unpaired) electrons. The molecule has 67 valence electrons. The van der Waals surface area contributed by atoms with Gasteiger partial charge in [-0.3, -0.25) is 18.5 Å². The maximum absolute atomic E-state index is 4.39. The SMILES string of the molecule is [C-]1=CC=CC1.[C-]1=CC=CC1.[CH2-]Cl.[Ti+3]. The van der Waals surface area contributed by atoms with E-state index in [1.165, 1.54) is 0 Å². The average molecular weight is 228 g/mol. The third-order valence-electron chi connectivity index (χ3n) is 1.17. The smallest absolute Gasteiger partial charge is 0.352 e. The number of hydrogen-bond donors (Lipinski definition) is 0. The molecule has 0 aliphatic heterocycles. The van der Waals surface area contributed by atoms with Crippen molar-refractivity contribution in [2.45, 2.75) is 12.8 Å². The van der Waals surface area contributed by atoms with E-state index < -0.39 is 0 Å². The molecule has 0 heterocycles. The second kappa shape index (κ2) is 14.5. The van der Waals surface area contributed by atoms with E-state index in [1.807, 2.05) is 24.3 Å². The third kappa shape index (κ3) is 12.0. The molecule has 0 amide bonds. The van der Waals surface area contributed by atoms with Crippen LogP contribution in [0.5, 0.6) is 0 Å². The fraction of sp³-hybridized carbons (Fsp3) is 0.182. The number of allylic oxidation sites excluding steroid dienone is 8. The van der Waals surface area contributed by atoms with Gasteiger partial charge >= 0.3 is 21.7 Å². The second-order valence-electron chi connectivity index (χ2n) is 2.01. The van der Waals surface area contributed by atoms with Crippen molar-refractivity contribution in [2.75, 3.05) is 0 Å². The molecule has 0 fully saturated rings. The molecule has 0 bridgehead atoms. The van der Waals surface area contributed by atoms with E-state index in [9.17, 15) is 0 Å². The van der Waals surface area contributed by atoms with Crippen LogP contribution in [0.2, 0.25) is 0 Å². The Morgan fingerprint density at radius 2 is 1.31 bits per heavy atom. The number of halogens is 1. The predicted molar refractivity (Wildman–Crippen MR) is 54.4 cm³/mol. The quantitative estimate of drug-likeness (QED) is 0.438. The first-order chi connectivity index (χ1) is 6.00. The average Bonchev–Trinajstić information content (AvgIpc) is 2.87. The van der Waals surface area contributed by atoms with Gasteiger partial charge in [0.15, 0.2) is 0 Å². The molecule has 0 saturated heterocycles. The first-order valence-corrected chi connectivity index (χ1v) is 4.24. The van der Waals surface area contributed by atoms with Gasteiger partial charge in [-0.05, 0) is 0 Å². The summed E-state index contributed by atoms with van der Waals surface area (Å²) in [5.74, 6) is 0.